The molecule has 2 rings (SSSR count). The third kappa shape index (κ3) is 2.81. The number of fused-ring (bicyclic) bond motifs is 1. The minimum atomic E-state index is -4.52. The predicted octanol–water partition coefficient (Wildman–Crippen LogP) is 2.25. The van der Waals surface area contributed by atoms with Gasteiger partial charge in [-0.3, -0.25) is 9.11 Å². The number of aryl methyl sites for hydroxylation is 1. The van der Waals surface area contributed by atoms with Gasteiger partial charge < -0.3 is 0 Å². The van der Waals surface area contributed by atoms with Crippen molar-refractivity contribution in [2.45, 2.75) is 16.7 Å². The molecule has 20 heavy (non-hydrogen) atoms. The highest BCUT2D eigenvalue weighted by atomic mass is 127. The lowest BCUT2D eigenvalue weighted by Crippen LogP contribution is -2.05. The maximum atomic E-state index is 11.5. The number of benzene rings is 2. The van der Waals surface area contributed by atoms with E-state index in [1.54, 1.807) is 29.5 Å². The zero-order chi connectivity index (χ0) is 15.3. The molecule has 6 nitrogen and oxygen atoms in total. The first kappa shape index (κ1) is 15.6. The number of hydrogen-bond donors (Lipinski definition) is 2. The molecular formula is C11H9IO6S2. The van der Waals surface area contributed by atoms with Gasteiger partial charge in [0, 0.05) is 14.3 Å². The summed E-state index contributed by atoms with van der Waals surface area (Å²) in [5, 5.41) is 0.0816. The van der Waals surface area contributed by atoms with Gasteiger partial charge in [-0.1, -0.05) is 6.07 Å². The Bertz CT molecular complexity index is 916. The van der Waals surface area contributed by atoms with E-state index in [0.717, 1.165) is 0 Å². The van der Waals surface area contributed by atoms with Crippen LogP contribution in [0.3, 0.4) is 0 Å². The first-order valence-corrected chi connectivity index (χ1v) is 9.15. The molecule has 0 aliphatic carbocycles. The Morgan fingerprint density at radius 3 is 2.05 bits per heavy atom. The maximum Gasteiger partial charge on any atom is 0.296 e. The topological polar surface area (TPSA) is 109 Å². The molecule has 0 heterocycles. The summed E-state index contributed by atoms with van der Waals surface area (Å²) < 4.78 is 64.5. The van der Waals surface area contributed by atoms with E-state index in [1.807, 2.05) is 0 Å². The van der Waals surface area contributed by atoms with Gasteiger partial charge in [-0.15, -0.1) is 0 Å². The third-order valence-electron chi connectivity index (χ3n) is 2.68. The van der Waals surface area contributed by atoms with Crippen molar-refractivity contribution >= 4 is 53.6 Å². The van der Waals surface area contributed by atoms with Crippen LogP contribution in [0.25, 0.3) is 10.8 Å². The monoisotopic (exact) mass is 428 g/mol. The Morgan fingerprint density at radius 1 is 0.950 bits per heavy atom. The van der Waals surface area contributed by atoms with Crippen LogP contribution in [0.1, 0.15) is 5.56 Å². The van der Waals surface area contributed by atoms with Crippen molar-refractivity contribution in [1.29, 1.82) is 0 Å². The van der Waals surface area contributed by atoms with Crippen molar-refractivity contribution in [3.05, 3.63) is 33.4 Å². The fraction of sp³-hybridized carbons (Fsp3) is 0.0909. The van der Waals surface area contributed by atoms with Crippen LogP contribution in [0.15, 0.2) is 34.1 Å². The van der Waals surface area contributed by atoms with Crippen LogP contribution in [0, 0.1) is 10.5 Å². The van der Waals surface area contributed by atoms with Gasteiger partial charge in [-0.25, -0.2) is 0 Å². The molecular weight excluding hydrogens is 419 g/mol. The molecule has 0 aromatic heterocycles. The minimum Gasteiger partial charge on any atom is -0.282 e. The molecule has 0 saturated carbocycles. The molecule has 2 N–H and O–H groups in total. The predicted molar refractivity (Wildman–Crippen MR) is 81.0 cm³/mol. The average molecular weight is 428 g/mol. The number of hydrogen-bond acceptors (Lipinski definition) is 4. The van der Waals surface area contributed by atoms with Crippen molar-refractivity contribution in [3.63, 3.8) is 0 Å². The molecule has 0 radical (unpaired) electrons. The van der Waals surface area contributed by atoms with E-state index >= 15 is 0 Å². The van der Waals surface area contributed by atoms with E-state index in [4.69, 9.17) is 0 Å². The van der Waals surface area contributed by atoms with Gasteiger partial charge in [-0.2, -0.15) is 16.8 Å². The molecule has 108 valence electrons. The van der Waals surface area contributed by atoms with E-state index in [1.165, 1.54) is 24.3 Å². The highest BCUT2D eigenvalue weighted by molar-refractivity contribution is 14.1. The Hall–Kier alpha value is -0.750. The van der Waals surface area contributed by atoms with E-state index < -0.39 is 25.1 Å². The summed E-state index contributed by atoms with van der Waals surface area (Å²) in [7, 11) is -9.03. The van der Waals surface area contributed by atoms with Crippen molar-refractivity contribution in [3.8, 4) is 0 Å². The molecule has 0 atom stereocenters. The molecule has 0 bridgehead atoms. The minimum absolute atomic E-state index is 0.0335. The molecule has 0 aliphatic heterocycles. The van der Waals surface area contributed by atoms with Gasteiger partial charge in [-0.05, 0) is 53.3 Å². The second kappa shape index (κ2) is 4.91. The SMILES string of the molecule is Cc1cc(S(=O)(=O)O)c2ccc(I)c(S(=O)(=O)O)c2c1. The van der Waals surface area contributed by atoms with Crippen molar-refractivity contribution in [2.24, 2.45) is 0 Å². The summed E-state index contributed by atoms with van der Waals surface area (Å²) in [6.45, 7) is 1.56. The van der Waals surface area contributed by atoms with Crippen LogP contribution >= 0.6 is 22.6 Å². The standard InChI is InChI=1S/C11H9IO6S2/c1-6-4-8-7(10(5-6)19(13,14)15)2-3-9(12)11(8)20(16,17)18/h2-5H,1H3,(H,13,14,15)(H,16,17,18). The van der Waals surface area contributed by atoms with Crippen LogP contribution in [0.5, 0.6) is 0 Å². The van der Waals surface area contributed by atoms with Gasteiger partial charge in [0.05, 0.1) is 0 Å². The zero-order valence-corrected chi connectivity index (χ0v) is 13.8. The molecule has 0 unspecified atom stereocenters. The van der Waals surface area contributed by atoms with Gasteiger partial charge in [0.1, 0.15) is 9.79 Å². The molecule has 0 spiro atoms. The molecule has 9 heteroatoms. The quantitative estimate of drug-likeness (QED) is 0.561. The molecule has 2 aromatic carbocycles. The Balaban J connectivity index is 3.14. The van der Waals surface area contributed by atoms with E-state index in [9.17, 15) is 25.9 Å². The fourth-order valence-corrected chi connectivity index (χ4v) is 4.82. The van der Waals surface area contributed by atoms with Crippen LogP contribution in [-0.2, 0) is 20.2 Å². The Morgan fingerprint density at radius 2 is 1.55 bits per heavy atom. The van der Waals surface area contributed by atoms with Crippen LogP contribution in [0.4, 0.5) is 0 Å². The van der Waals surface area contributed by atoms with Gasteiger partial charge in [0.25, 0.3) is 20.2 Å². The highest BCUT2D eigenvalue weighted by Crippen LogP contribution is 2.32. The van der Waals surface area contributed by atoms with E-state index in [-0.39, 0.29) is 19.2 Å². The first-order chi connectivity index (χ1) is 9.01. The zero-order valence-electron chi connectivity index (χ0n) is 10.0. The molecule has 0 fully saturated rings. The van der Waals surface area contributed by atoms with Crippen molar-refractivity contribution in [2.75, 3.05) is 0 Å². The fourth-order valence-electron chi connectivity index (χ4n) is 1.96. The smallest absolute Gasteiger partial charge is 0.282 e. The highest BCUT2D eigenvalue weighted by Gasteiger charge is 2.22. The van der Waals surface area contributed by atoms with Gasteiger partial charge in [0.2, 0.25) is 0 Å². The summed E-state index contributed by atoms with van der Waals surface area (Å²) in [6.07, 6.45) is 0. The van der Waals surface area contributed by atoms with Crippen molar-refractivity contribution in [1.82, 2.24) is 0 Å². The number of rotatable bonds is 2. The van der Waals surface area contributed by atoms with Crippen LogP contribution < -0.4 is 0 Å². The summed E-state index contributed by atoms with van der Waals surface area (Å²) >= 11 is 1.73. The summed E-state index contributed by atoms with van der Waals surface area (Å²) in [5.74, 6) is 0. The molecule has 0 saturated heterocycles. The first-order valence-electron chi connectivity index (χ1n) is 5.19. The maximum absolute atomic E-state index is 11.5. The van der Waals surface area contributed by atoms with Gasteiger partial charge in [0.15, 0.2) is 0 Å². The largest absolute Gasteiger partial charge is 0.296 e. The van der Waals surface area contributed by atoms with Crippen LogP contribution in [-0.4, -0.2) is 25.9 Å². The molecule has 0 amide bonds. The lowest BCUT2D eigenvalue weighted by molar-refractivity contribution is 0.480. The second-order valence-corrected chi connectivity index (χ2v) is 8.10. The second-order valence-electron chi connectivity index (χ2n) is 4.18. The summed E-state index contributed by atoms with van der Waals surface area (Å²) in [4.78, 5) is -0.766. The average Bonchev–Trinajstić information content (AvgIpc) is 2.24. The van der Waals surface area contributed by atoms with Crippen LogP contribution in [0.2, 0.25) is 0 Å². The molecule has 2 aromatic rings. The van der Waals surface area contributed by atoms with Crippen molar-refractivity contribution < 1.29 is 25.9 Å². The Labute approximate surface area is 129 Å². The molecule has 0 aliphatic rings. The van der Waals surface area contributed by atoms with Gasteiger partial charge >= 0.3 is 0 Å². The number of halogens is 1. The lowest BCUT2D eigenvalue weighted by atomic mass is 10.1. The van der Waals surface area contributed by atoms with E-state index in [0.29, 0.717) is 5.56 Å². The lowest BCUT2D eigenvalue weighted by Gasteiger charge is -2.10. The Kier molecular flexibility index (Phi) is 3.84. The summed E-state index contributed by atoms with van der Waals surface area (Å²) in [5.41, 5.74) is 0.442. The summed E-state index contributed by atoms with van der Waals surface area (Å²) in [6, 6.07) is 5.41. The normalized spacial score (nSPS) is 12.8. The third-order valence-corrected chi connectivity index (χ3v) is 5.79. The van der Waals surface area contributed by atoms with E-state index in [2.05, 4.69) is 0 Å².